The van der Waals surface area contributed by atoms with Crippen LogP contribution in [0.15, 0.2) is 79.1 Å². The third kappa shape index (κ3) is 5.72. The highest BCUT2D eigenvalue weighted by Gasteiger charge is 2.25. The van der Waals surface area contributed by atoms with E-state index in [0.29, 0.717) is 37.9 Å². The number of carbonyl (C=O) groups excluding carboxylic acids is 2. The summed E-state index contributed by atoms with van der Waals surface area (Å²) in [5.74, 6) is 0.919. The molecule has 0 bridgehead atoms. The maximum absolute atomic E-state index is 13.4. The average Bonchev–Trinajstić information content (AvgIpc) is 3.35. The number of nitrogens with one attached hydrogen (secondary N) is 2. The van der Waals surface area contributed by atoms with Crippen LogP contribution in [0.4, 0.5) is 26.8 Å². The van der Waals surface area contributed by atoms with E-state index in [2.05, 4.69) is 34.4 Å². The Morgan fingerprint density at radius 1 is 0.974 bits per heavy atom. The number of ether oxygens (including phenoxy) is 1. The number of amides is 2. The van der Waals surface area contributed by atoms with Gasteiger partial charge in [-0.3, -0.25) is 9.88 Å². The van der Waals surface area contributed by atoms with Crippen molar-refractivity contribution in [2.75, 3.05) is 41.7 Å². The summed E-state index contributed by atoms with van der Waals surface area (Å²) in [7, 11) is 0. The minimum absolute atomic E-state index is 0.0656. The molecular formula is C29H32N6O3. The van der Waals surface area contributed by atoms with Crippen molar-refractivity contribution in [2.45, 2.75) is 26.5 Å². The van der Waals surface area contributed by atoms with Crippen molar-refractivity contribution in [3.05, 3.63) is 84.7 Å². The summed E-state index contributed by atoms with van der Waals surface area (Å²) < 4.78 is 6.97. The highest BCUT2D eigenvalue weighted by atomic mass is 16.5. The summed E-state index contributed by atoms with van der Waals surface area (Å²) in [5, 5.41) is 7.07. The summed E-state index contributed by atoms with van der Waals surface area (Å²) >= 11 is 0. The summed E-state index contributed by atoms with van der Waals surface area (Å²) in [4.78, 5) is 34.3. The van der Waals surface area contributed by atoms with Gasteiger partial charge in [0.25, 0.3) is 0 Å². The number of fused-ring (bicyclic) bond motifs is 1. The SMILES string of the molecule is CC(C)Nc1cccnc1N1CCN(C(=O)n2ccc3cc(NC(=O)OCc4ccccc4)ccc32)CC1. The van der Waals surface area contributed by atoms with Gasteiger partial charge in [0.15, 0.2) is 5.82 Å². The topological polar surface area (TPSA) is 91.7 Å². The van der Waals surface area contributed by atoms with E-state index in [9.17, 15) is 9.59 Å². The maximum Gasteiger partial charge on any atom is 0.411 e. The van der Waals surface area contributed by atoms with Crippen molar-refractivity contribution in [1.82, 2.24) is 14.5 Å². The molecule has 2 amide bonds. The Labute approximate surface area is 222 Å². The standard InChI is InChI=1S/C29H32N6O3/c1-21(2)31-25-9-6-13-30-27(25)33-15-17-34(18-16-33)29(37)35-14-12-23-19-24(10-11-26(23)35)32-28(36)38-20-22-7-4-3-5-8-22/h3-14,19,21,31H,15-18,20H2,1-2H3,(H,32,36). The Morgan fingerprint density at radius 3 is 2.53 bits per heavy atom. The molecule has 3 heterocycles. The Balaban J connectivity index is 1.20. The predicted molar refractivity (Wildman–Crippen MR) is 150 cm³/mol. The van der Waals surface area contributed by atoms with Crippen LogP contribution < -0.4 is 15.5 Å². The van der Waals surface area contributed by atoms with E-state index in [1.54, 1.807) is 23.0 Å². The molecule has 196 valence electrons. The molecule has 1 fully saturated rings. The number of hydrogen-bond donors (Lipinski definition) is 2. The summed E-state index contributed by atoms with van der Waals surface area (Å²) in [6.07, 6.45) is 3.05. The number of benzene rings is 2. The lowest BCUT2D eigenvalue weighted by atomic mass is 10.2. The third-order valence-electron chi connectivity index (χ3n) is 6.44. The van der Waals surface area contributed by atoms with Crippen molar-refractivity contribution in [2.24, 2.45) is 0 Å². The van der Waals surface area contributed by atoms with Crippen LogP contribution in [0, 0.1) is 0 Å². The average molecular weight is 513 g/mol. The highest BCUT2D eigenvalue weighted by Crippen LogP contribution is 2.26. The first-order chi connectivity index (χ1) is 18.5. The maximum atomic E-state index is 13.4. The van der Waals surface area contributed by atoms with Gasteiger partial charge in [0, 0.05) is 55.7 Å². The smallest absolute Gasteiger partial charge is 0.411 e. The number of pyridine rings is 1. The van der Waals surface area contributed by atoms with Crippen LogP contribution >= 0.6 is 0 Å². The Hall–Kier alpha value is -4.53. The van der Waals surface area contributed by atoms with Gasteiger partial charge in [-0.05, 0) is 55.8 Å². The van der Waals surface area contributed by atoms with Gasteiger partial charge in [-0.1, -0.05) is 30.3 Å². The molecule has 0 atom stereocenters. The van der Waals surface area contributed by atoms with E-state index in [1.807, 2.05) is 65.6 Å². The first-order valence-corrected chi connectivity index (χ1v) is 12.8. The van der Waals surface area contributed by atoms with E-state index in [-0.39, 0.29) is 12.6 Å². The fourth-order valence-electron chi connectivity index (χ4n) is 4.60. The number of anilines is 3. The molecule has 0 aliphatic carbocycles. The van der Waals surface area contributed by atoms with E-state index in [0.717, 1.165) is 28.0 Å². The zero-order chi connectivity index (χ0) is 26.5. The molecule has 4 aromatic rings. The van der Waals surface area contributed by atoms with Gasteiger partial charge in [0.1, 0.15) is 6.61 Å². The second-order valence-corrected chi connectivity index (χ2v) is 9.58. The number of rotatable bonds is 6. The van der Waals surface area contributed by atoms with E-state index < -0.39 is 6.09 Å². The van der Waals surface area contributed by atoms with Crippen molar-refractivity contribution in [3.63, 3.8) is 0 Å². The second kappa shape index (κ2) is 11.2. The molecule has 0 radical (unpaired) electrons. The fraction of sp³-hybridized carbons (Fsp3) is 0.276. The third-order valence-corrected chi connectivity index (χ3v) is 6.44. The number of nitrogens with zero attached hydrogens (tertiary/aromatic N) is 4. The van der Waals surface area contributed by atoms with Crippen LogP contribution in [-0.2, 0) is 11.3 Å². The molecule has 2 N–H and O–H groups in total. The molecule has 1 aliphatic heterocycles. The molecule has 0 saturated carbocycles. The van der Waals surface area contributed by atoms with Crippen LogP contribution in [0.25, 0.3) is 10.9 Å². The lowest BCUT2D eigenvalue weighted by molar-refractivity contribution is 0.155. The van der Waals surface area contributed by atoms with Gasteiger partial charge in [0.2, 0.25) is 0 Å². The monoisotopic (exact) mass is 512 g/mol. The molecule has 9 nitrogen and oxygen atoms in total. The zero-order valence-electron chi connectivity index (χ0n) is 21.6. The van der Waals surface area contributed by atoms with Crippen LogP contribution in [0.2, 0.25) is 0 Å². The molecule has 0 unspecified atom stereocenters. The van der Waals surface area contributed by atoms with Gasteiger partial charge >= 0.3 is 12.1 Å². The number of aromatic nitrogens is 2. The number of piperazine rings is 1. The molecule has 1 saturated heterocycles. The van der Waals surface area contributed by atoms with Gasteiger partial charge in [0.05, 0.1) is 11.2 Å². The van der Waals surface area contributed by atoms with Crippen LogP contribution in [0.3, 0.4) is 0 Å². The van der Waals surface area contributed by atoms with E-state index in [4.69, 9.17) is 4.74 Å². The molecule has 2 aromatic carbocycles. The number of hydrogen-bond acceptors (Lipinski definition) is 6. The van der Waals surface area contributed by atoms with Crippen LogP contribution in [-0.4, -0.2) is 58.8 Å². The first-order valence-electron chi connectivity index (χ1n) is 12.8. The Bertz CT molecular complexity index is 1410. The van der Waals surface area contributed by atoms with Crippen molar-refractivity contribution >= 4 is 40.2 Å². The van der Waals surface area contributed by atoms with Crippen LogP contribution in [0.1, 0.15) is 19.4 Å². The highest BCUT2D eigenvalue weighted by molar-refractivity contribution is 5.95. The molecule has 1 aliphatic rings. The van der Waals surface area contributed by atoms with Crippen molar-refractivity contribution in [1.29, 1.82) is 0 Å². The van der Waals surface area contributed by atoms with Gasteiger partial charge in [-0.15, -0.1) is 0 Å². The molecule has 38 heavy (non-hydrogen) atoms. The Kier molecular flexibility index (Phi) is 7.44. The van der Waals surface area contributed by atoms with Crippen molar-refractivity contribution < 1.29 is 14.3 Å². The number of carbonyl (C=O) groups is 2. The lowest BCUT2D eigenvalue weighted by Crippen LogP contribution is -2.50. The quantitative estimate of drug-likeness (QED) is 0.360. The summed E-state index contributed by atoms with van der Waals surface area (Å²) in [6, 6.07) is 21.1. The molecule has 9 heteroatoms. The van der Waals surface area contributed by atoms with E-state index >= 15 is 0 Å². The van der Waals surface area contributed by atoms with Gasteiger partial charge in [-0.2, -0.15) is 0 Å². The molecule has 2 aromatic heterocycles. The zero-order valence-corrected chi connectivity index (χ0v) is 21.6. The second-order valence-electron chi connectivity index (χ2n) is 9.58. The summed E-state index contributed by atoms with van der Waals surface area (Å²) in [6.45, 7) is 7.01. The molecule has 5 rings (SSSR count). The predicted octanol–water partition coefficient (Wildman–Crippen LogP) is 5.40. The first kappa shape index (κ1) is 25.1. The minimum atomic E-state index is -0.527. The fourth-order valence-corrected chi connectivity index (χ4v) is 4.60. The minimum Gasteiger partial charge on any atom is -0.444 e. The van der Waals surface area contributed by atoms with E-state index in [1.165, 1.54) is 0 Å². The summed E-state index contributed by atoms with van der Waals surface area (Å²) in [5.41, 5.74) is 3.32. The normalized spacial score (nSPS) is 13.6. The van der Waals surface area contributed by atoms with Gasteiger partial charge in [-0.25, -0.2) is 14.6 Å². The molecular weight excluding hydrogens is 480 g/mol. The molecule has 0 spiro atoms. The van der Waals surface area contributed by atoms with Crippen molar-refractivity contribution in [3.8, 4) is 0 Å². The Morgan fingerprint density at radius 2 is 1.76 bits per heavy atom. The largest absolute Gasteiger partial charge is 0.444 e. The lowest BCUT2D eigenvalue weighted by Gasteiger charge is -2.36. The van der Waals surface area contributed by atoms with Gasteiger partial charge < -0.3 is 19.9 Å². The van der Waals surface area contributed by atoms with Crippen LogP contribution in [0.5, 0.6) is 0 Å².